The van der Waals surface area contributed by atoms with Gasteiger partial charge in [-0.3, -0.25) is 35.8 Å². The van der Waals surface area contributed by atoms with Gasteiger partial charge in [-0.05, 0) is 42.0 Å². The van der Waals surface area contributed by atoms with Gasteiger partial charge in [0.15, 0.2) is 0 Å². The zero-order valence-corrected chi connectivity index (χ0v) is 15.4. The number of hydrogen-bond donors (Lipinski definition) is 1. The highest BCUT2D eigenvalue weighted by molar-refractivity contribution is 5.80. The number of anilines is 1. The standard InChI is InChI=1S/C18H12N6O7/c25-22(26)13-3-7-17(16(9-13)24(29)30)31-15-5-1-12(2-6-15)10-20-21-18-8-4-14(11-19-18)23(27)28/h1-11H,(H,19,21)/b20-10+. The minimum Gasteiger partial charge on any atom is -0.450 e. The van der Waals surface area contributed by atoms with Gasteiger partial charge < -0.3 is 4.74 Å². The monoisotopic (exact) mass is 424 g/mol. The molecule has 0 bridgehead atoms. The van der Waals surface area contributed by atoms with Crippen molar-refractivity contribution in [3.8, 4) is 11.5 Å². The van der Waals surface area contributed by atoms with Crippen molar-refractivity contribution in [3.63, 3.8) is 0 Å². The molecule has 0 aliphatic carbocycles. The fraction of sp³-hybridized carbons (Fsp3) is 0. The molecule has 0 atom stereocenters. The van der Waals surface area contributed by atoms with Gasteiger partial charge in [-0.15, -0.1) is 0 Å². The van der Waals surface area contributed by atoms with E-state index in [-0.39, 0.29) is 17.2 Å². The molecule has 0 radical (unpaired) electrons. The van der Waals surface area contributed by atoms with Crippen molar-refractivity contribution in [1.29, 1.82) is 0 Å². The molecular weight excluding hydrogens is 412 g/mol. The maximum atomic E-state index is 11.2. The predicted octanol–water partition coefficient (Wildman–Crippen LogP) is 4.04. The molecule has 3 rings (SSSR count). The molecule has 0 saturated heterocycles. The first-order valence-electron chi connectivity index (χ1n) is 8.44. The van der Waals surface area contributed by atoms with Crippen LogP contribution in [0.1, 0.15) is 5.56 Å². The van der Waals surface area contributed by atoms with Crippen LogP contribution >= 0.6 is 0 Å². The molecule has 0 unspecified atom stereocenters. The molecule has 0 amide bonds. The van der Waals surface area contributed by atoms with Gasteiger partial charge in [0.2, 0.25) is 5.75 Å². The Balaban J connectivity index is 1.66. The fourth-order valence-corrected chi connectivity index (χ4v) is 2.33. The summed E-state index contributed by atoms with van der Waals surface area (Å²) in [6, 6.07) is 12.1. The Morgan fingerprint density at radius 3 is 2.13 bits per heavy atom. The minimum atomic E-state index is -0.763. The molecule has 0 saturated carbocycles. The molecule has 2 aromatic carbocycles. The van der Waals surface area contributed by atoms with Crippen molar-refractivity contribution >= 4 is 29.1 Å². The number of nitro benzene ring substituents is 2. The van der Waals surface area contributed by atoms with E-state index >= 15 is 0 Å². The van der Waals surface area contributed by atoms with Crippen LogP contribution in [0.2, 0.25) is 0 Å². The van der Waals surface area contributed by atoms with Crippen LogP contribution in [0.3, 0.4) is 0 Å². The Labute approximate surface area is 173 Å². The first-order valence-corrected chi connectivity index (χ1v) is 8.44. The lowest BCUT2D eigenvalue weighted by Crippen LogP contribution is -1.96. The third-order valence-corrected chi connectivity index (χ3v) is 3.81. The number of nitro groups is 3. The van der Waals surface area contributed by atoms with Gasteiger partial charge in [-0.25, -0.2) is 4.98 Å². The number of aromatic nitrogens is 1. The van der Waals surface area contributed by atoms with Crippen LogP contribution in [-0.2, 0) is 0 Å². The molecular formula is C18H12N6O7. The average molecular weight is 424 g/mol. The summed E-state index contributed by atoms with van der Waals surface area (Å²) in [5.74, 6) is 0.453. The van der Waals surface area contributed by atoms with Crippen molar-refractivity contribution in [2.24, 2.45) is 5.10 Å². The van der Waals surface area contributed by atoms with Crippen molar-refractivity contribution in [2.75, 3.05) is 5.43 Å². The molecule has 13 nitrogen and oxygen atoms in total. The maximum Gasteiger partial charge on any atom is 0.318 e. The molecule has 3 aromatic rings. The third-order valence-electron chi connectivity index (χ3n) is 3.81. The summed E-state index contributed by atoms with van der Waals surface area (Å²) in [5.41, 5.74) is 2.19. The first kappa shape index (κ1) is 20.8. The fourth-order valence-electron chi connectivity index (χ4n) is 2.33. The average Bonchev–Trinajstić information content (AvgIpc) is 2.75. The van der Waals surface area contributed by atoms with Crippen molar-refractivity contribution in [3.05, 3.63) is 96.7 Å². The smallest absolute Gasteiger partial charge is 0.318 e. The lowest BCUT2D eigenvalue weighted by atomic mass is 10.2. The van der Waals surface area contributed by atoms with Gasteiger partial charge in [-0.2, -0.15) is 5.10 Å². The lowest BCUT2D eigenvalue weighted by molar-refractivity contribution is -0.394. The molecule has 0 fully saturated rings. The Morgan fingerprint density at radius 2 is 1.55 bits per heavy atom. The van der Waals surface area contributed by atoms with Gasteiger partial charge >= 0.3 is 5.69 Å². The largest absolute Gasteiger partial charge is 0.450 e. The van der Waals surface area contributed by atoms with Crippen LogP contribution in [0.15, 0.2) is 65.9 Å². The Bertz CT molecular complexity index is 1160. The lowest BCUT2D eigenvalue weighted by Gasteiger charge is -2.06. The number of hydrazone groups is 1. The summed E-state index contributed by atoms with van der Waals surface area (Å²) in [6.07, 6.45) is 2.56. The molecule has 0 aliphatic rings. The number of ether oxygens (including phenoxy) is 1. The number of nitrogens with one attached hydrogen (secondary N) is 1. The van der Waals surface area contributed by atoms with Gasteiger partial charge in [-0.1, -0.05) is 0 Å². The van der Waals surface area contributed by atoms with E-state index < -0.39 is 26.1 Å². The highest BCUT2D eigenvalue weighted by Crippen LogP contribution is 2.34. The quantitative estimate of drug-likeness (QED) is 0.317. The topological polar surface area (TPSA) is 176 Å². The molecule has 13 heteroatoms. The van der Waals surface area contributed by atoms with Gasteiger partial charge in [0, 0.05) is 12.1 Å². The Hall–Kier alpha value is -4.94. The van der Waals surface area contributed by atoms with Crippen molar-refractivity contribution in [1.82, 2.24) is 4.98 Å². The number of non-ortho nitro benzene ring substituents is 1. The second-order valence-corrected chi connectivity index (χ2v) is 5.87. The van der Waals surface area contributed by atoms with Crippen LogP contribution in [0, 0.1) is 30.3 Å². The number of pyridine rings is 1. The summed E-state index contributed by atoms with van der Waals surface area (Å²) in [7, 11) is 0. The molecule has 0 spiro atoms. The summed E-state index contributed by atoms with van der Waals surface area (Å²) in [6.45, 7) is 0. The summed E-state index contributed by atoms with van der Waals surface area (Å²) in [5, 5.41) is 36.5. The highest BCUT2D eigenvalue weighted by atomic mass is 16.6. The van der Waals surface area contributed by atoms with Crippen LogP contribution in [0.5, 0.6) is 11.5 Å². The van der Waals surface area contributed by atoms with Crippen molar-refractivity contribution in [2.45, 2.75) is 0 Å². The molecule has 1 heterocycles. The number of hydrogen-bond acceptors (Lipinski definition) is 10. The Kier molecular flexibility index (Phi) is 6.06. The molecule has 31 heavy (non-hydrogen) atoms. The minimum absolute atomic E-state index is 0.136. The molecule has 1 N–H and O–H groups in total. The number of rotatable bonds is 8. The van der Waals surface area contributed by atoms with Gasteiger partial charge in [0.1, 0.15) is 17.8 Å². The zero-order valence-electron chi connectivity index (χ0n) is 15.4. The van der Waals surface area contributed by atoms with Gasteiger partial charge in [0.25, 0.3) is 11.4 Å². The van der Waals surface area contributed by atoms with E-state index in [9.17, 15) is 30.3 Å². The van der Waals surface area contributed by atoms with E-state index in [4.69, 9.17) is 4.74 Å². The van der Waals surface area contributed by atoms with Crippen LogP contribution in [0.25, 0.3) is 0 Å². The summed E-state index contributed by atoms with van der Waals surface area (Å²) < 4.78 is 5.48. The van der Waals surface area contributed by atoms with Crippen LogP contribution in [0.4, 0.5) is 22.9 Å². The van der Waals surface area contributed by atoms with E-state index in [1.165, 1.54) is 30.5 Å². The van der Waals surface area contributed by atoms with E-state index in [0.29, 0.717) is 11.4 Å². The van der Waals surface area contributed by atoms with E-state index in [2.05, 4.69) is 15.5 Å². The van der Waals surface area contributed by atoms with Crippen LogP contribution in [-0.4, -0.2) is 26.0 Å². The molecule has 1 aromatic heterocycles. The SMILES string of the molecule is O=[N+]([O-])c1ccc(N/N=C/c2ccc(Oc3ccc([N+](=O)[O-])cc3[N+](=O)[O-])cc2)nc1. The van der Waals surface area contributed by atoms with E-state index in [0.717, 1.165) is 24.4 Å². The zero-order chi connectivity index (χ0) is 22.4. The summed E-state index contributed by atoms with van der Waals surface area (Å²) >= 11 is 0. The third kappa shape index (κ3) is 5.32. The number of benzene rings is 2. The second-order valence-electron chi connectivity index (χ2n) is 5.87. The highest BCUT2D eigenvalue weighted by Gasteiger charge is 2.21. The first-order chi connectivity index (χ1) is 14.8. The van der Waals surface area contributed by atoms with E-state index in [1.807, 2.05) is 0 Å². The maximum absolute atomic E-state index is 11.2. The number of nitrogens with zero attached hydrogens (tertiary/aromatic N) is 5. The second kappa shape index (κ2) is 9.04. The predicted molar refractivity (Wildman–Crippen MR) is 108 cm³/mol. The van der Waals surface area contributed by atoms with Gasteiger partial charge in [0.05, 0.1) is 27.1 Å². The van der Waals surface area contributed by atoms with E-state index in [1.54, 1.807) is 12.1 Å². The normalized spacial score (nSPS) is 10.6. The molecule has 0 aliphatic heterocycles. The molecule has 156 valence electrons. The van der Waals surface area contributed by atoms with Crippen molar-refractivity contribution < 1.29 is 19.5 Å². The van der Waals surface area contributed by atoms with Crippen LogP contribution < -0.4 is 10.2 Å². The Morgan fingerprint density at radius 1 is 0.871 bits per heavy atom. The summed E-state index contributed by atoms with van der Waals surface area (Å²) in [4.78, 5) is 34.4.